The second-order valence-electron chi connectivity index (χ2n) is 5.45. The molecule has 0 saturated heterocycles. The summed E-state index contributed by atoms with van der Waals surface area (Å²) in [4.78, 5) is 13.6. The molecule has 1 unspecified atom stereocenters. The van der Waals surface area contributed by atoms with E-state index >= 15 is 0 Å². The van der Waals surface area contributed by atoms with Crippen molar-refractivity contribution in [2.24, 2.45) is 11.7 Å². The molecule has 118 valence electrons. The molecule has 0 saturated carbocycles. The van der Waals surface area contributed by atoms with Crippen LogP contribution in [0.3, 0.4) is 0 Å². The van der Waals surface area contributed by atoms with Crippen LogP contribution < -0.4 is 10.5 Å². The topological polar surface area (TPSA) is 55.6 Å². The molecule has 1 rings (SSSR count). The lowest BCUT2D eigenvalue weighted by Crippen LogP contribution is -2.42. The Balaban J connectivity index is 2.57. The van der Waals surface area contributed by atoms with Gasteiger partial charge in [0.2, 0.25) is 5.91 Å². The van der Waals surface area contributed by atoms with E-state index in [0.29, 0.717) is 18.9 Å². The third-order valence-electron chi connectivity index (χ3n) is 2.99. The summed E-state index contributed by atoms with van der Waals surface area (Å²) in [5.74, 6) is 0.318. The molecule has 0 aliphatic rings. The van der Waals surface area contributed by atoms with Crippen LogP contribution in [-0.4, -0.2) is 30.5 Å². The van der Waals surface area contributed by atoms with E-state index in [4.69, 9.17) is 5.73 Å². The summed E-state index contributed by atoms with van der Waals surface area (Å²) in [6.07, 6.45) is 0.629. The van der Waals surface area contributed by atoms with Crippen LogP contribution in [-0.2, 0) is 11.3 Å². The Morgan fingerprint density at radius 1 is 1.29 bits per heavy atom. The molecule has 0 radical (unpaired) electrons. The number of amides is 1. The predicted molar refractivity (Wildman–Crippen MR) is 77.0 cm³/mol. The summed E-state index contributed by atoms with van der Waals surface area (Å²) in [7, 11) is 1.67. The van der Waals surface area contributed by atoms with Crippen LogP contribution in [0.25, 0.3) is 0 Å². The maximum Gasteiger partial charge on any atom is 0.387 e. The third kappa shape index (κ3) is 6.08. The largest absolute Gasteiger partial charge is 0.435 e. The maximum atomic E-state index is 12.1. The molecule has 0 bridgehead atoms. The lowest BCUT2D eigenvalue weighted by molar-refractivity contribution is -0.132. The fraction of sp³-hybridized carbons (Fsp3) is 0.533. The molecule has 1 amide bonds. The number of carbonyl (C=O) groups excluding carboxylic acids is 1. The van der Waals surface area contributed by atoms with E-state index in [0.717, 1.165) is 5.56 Å². The van der Waals surface area contributed by atoms with E-state index in [1.807, 2.05) is 13.8 Å². The molecule has 0 aromatic heterocycles. The number of hydrogen-bond acceptors (Lipinski definition) is 3. The molecule has 0 fully saturated rings. The van der Waals surface area contributed by atoms with Gasteiger partial charge in [-0.2, -0.15) is 8.78 Å². The Morgan fingerprint density at radius 3 is 2.33 bits per heavy atom. The fourth-order valence-corrected chi connectivity index (χ4v) is 2.02. The van der Waals surface area contributed by atoms with Gasteiger partial charge in [-0.25, -0.2) is 0 Å². The van der Waals surface area contributed by atoms with E-state index in [1.54, 1.807) is 19.2 Å². The highest BCUT2D eigenvalue weighted by atomic mass is 19.3. The van der Waals surface area contributed by atoms with Crippen LogP contribution in [0, 0.1) is 5.92 Å². The number of rotatable bonds is 7. The summed E-state index contributed by atoms with van der Waals surface area (Å²) >= 11 is 0. The Morgan fingerprint density at radius 2 is 1.86 bits per heavy atom. The summed E-state index contributed by atoms with van der Waals surface area (Å²) < 4.78 is 28.4. The zero-order valence-corrected chi connectivity index (χ0v) is 12.6. The van der Waals surface area contributed by atoms with Gasteiger partial charge >= 0.3 is 6.61 Å². The van der Waals surface area contributed by atoms with E-state index < -0.39 is 12.7 Å². The second-order valence-corrected chi connectivity index (χ2v) is 5.45. The Hall–Kier alpha value is -1.69. The third-order valence-corrected chi connectivity index (χ3v) is 2.99. The standard InChI is InChI=1S/C15H22F2N2O2/c1-10(2)8-13(18)14(20)19(3)9-11-4-6-12(7-5-11)21-15(16)17/h4-7,10,13,15H,8-9,18H2,1-3H3. The predicted octanol–water partition coefficient (Wildman–Crippen LogP) is 2.62. The van der Waals surface area contributed by atoms with Gasteiger partial charge in [-0.05, 0) is 30.0 Å². The number of benzene rings is 1. The van der Waals surface area contributed by atoms with Crippen molar-refractivity contribution in [2.45, 2.75) is 39.5 Å². The second kappa shape index (κ2) is 7.93. The highest BCUT2D eigenvalue weighted by molar-refractivity contribution is 5.81. The van der Waals surface area contributed by atoms with Crippen molar-refractivity contribution >= 4 is 5.91 Å². The first-order valence-corrected chi connectivity index (χ1v) is 6.84. The maximum absolute atomic E-state index is 12.1. The molecule has 1 aromatic carbocycles. The van der Waals surface area contributed by atoms with Gasteiger partial charge in [0.1, 0.15) is 5.75 Å². The van der Waals surface area contributed by atoms with Gasteiger partial charge in [-0.3, -0.25) is 4.79 Å². The number of carbonyl (C=O) groups is 1. The minimum absolute atomic E-state index is 0.0965. The molecule has 0 spiro atoms. The zero-order chi connectivity index (χ0) is 16.0. The van der Waals surface area contributed by atoms with Crippen LogP contribution in [0.5, 0.6) is 5.75 Å². The molecule has 1 aromatic rings. The highest BCUT2D eigenvalue weighted by Crippen LogP contribution is 2.16. The van der Waals surface area contributed by atoms with Gasteiger partial charge in [-0.1, -0.05) is 26.0 Å². The van der Waals surface area contributed by atoms with Crippen LogP contribution >= 0.6 is 0 Å². The van der Waals surface area contributed by atoms with Crippen LogP contribution in [0.15, 0.2) is 24.3 Å². The Bertz CT molecular complexity index is 449. The number of ether oxygens (including phenoxy) is 1. The lowest BCUT2D eigenvalue weighted by atomic mass is 10.0. The molecule has 2 N–H and O–H groups in total. The van der Waals surface area contributed by atoms with E-state index in [2.05, 4.69) is 4.74 Å². The monoisotopic (exact) mass is 300 g/mol. The molecule has 0 aliphatic carbocycles. The van der Waals surface area contributed by atoms with Crippen LogP contribution in [0.4, 0.5) is 8.78 Å². The Kier molecular flexibility index (Phi) is 6.55. The quantitative estimate of drug-likeness (QED) is 0.842. The van der Waals surface area contributed by atoms with Gasteiger partial charge in [0.15, 0.2) is 0 Å². The minimum Gasteiger partial charge on any atom is -0.435 e. The molecular formula is C15H22F2N2O2. The van der Waals surface area contributed by atoms with Crippen molar-refractivity contribution in [3.8, 4) is 5.75 Å². The minimum atomic E-state index is -2.84. The summed E-state index contributed by atoms with van der Waals surface area (Å²) in [6, 6.07) is 5.68. The number of alkyl halides is 2. The first-order valence-electron chi connectivity index (χ1n) is 6.84. The molecular weight excluding hydrogens is 278 g/mol. The number of hydrogen-bond donors (Lipinski definition) is 1. The molecule has 0 heterocycles. The lowest BCUT2D eigenvalue weighted by Gasteiger charge is -2.22. The summed E-state index contributed by atoms with van der Waals surface area (Å²) in [6.45, 7) is 1.55. The van der Waals surface area contributed by atoms with Crippen molar-refractivity contribution in [3.05, 3.63) is 29.8 Å². The van der Waals surface area contributed by atoms with Crippen molar-refractivity contribution in [1.82, 2.24) is 4.90 Å². The smallest absolute Gasteiger partial charge is 0.387 e. The van der Waals surface area contributed by atoms with Crippen molar-refractivity contribution in [1.29, 1.82) is 0 Å². The first-order chi connectivity index (χ1) is 9.79. The van der Waals surface area contributed by atoms with Gasteiger partial charge in [0.05, 0.1) is 6.04 Å². The van der Waals surface area contributed by atoms with Gasteiger partial charge in [0.25, 0.3) is 0 Å². The summed E-state index contributed by atoms with van der Waals surface area (Å²) in [5, 5.41) is 0. The number of likely N-dealkylation sites (N-methyl/N-ethyl adjacent to an activating group) is 1. The molecule has 0 aliphatic heterocycles. The SMILES string of the molecule is CC(C)CC(N)C(=O)N(C)Cc1ccc(OC(F)F)cc1. The van der Waals surface area contributed by atoms with Crippen molar-refractivity contribution in [3.63, 3.8) is 0 Å². The molecule has 4 nitrogen and oxygen atoms in total. The molecule has 6 heteroatoms. The van der Waals surface area contributed by atoms with Gasteiger partial charge in [0, 0.05) is 13.6 Å². The highest BCUT2D eigenvalue weighted by Gasteiger charge is 2.19. The van der Waals surface area contributed by atoms with Crippen molar-refractivity contribution < 1.29 is 18.3 Å². The molecule has 21 heavy (non-hydrogen) atoms. The van der Waals surface area contributed by atoms with Crippen LogP contribution in [0.2, 0.25) is 0 Å². The number of nitrogens with two attached hydrogens (primary N) is 1. The fourth-order valence-electron chi connectivity index (χ4n) is 2.02. The normalized spacial score (nSPS) is 12.6. The average Bonchev–Trinajstić information content (AvgIpc) is 2.38. The van der Waals surface area contributed by atoms with Crippen LogP contribution in [0.1, 0.15) is 25.8 Å². The van der Waals surface area contributed by atoms with Gasteiger partial charge < -0.3 is 15.4 Å². The average molecular weight is 300 g/mol. The Labute approximate surface area is 123 Å². The number of halogens is 2. The first kappa shape index (κ1) is 17.4. The van der Waals surface area contributed by atoms with Crippen molar-refractivity contribution in [2.75, 3.05) is 7.05 Å². The molecule has 1 atom stereocenters. The van der Waals surface area contributed by atoms with E-state index in [1.165, 1.54) is 17.0 Å². The van der Waals surface area contributed by atoms with E-state index in [9.17, 15) is 13.6 Å². The number of nitrogens with zero attached hydrogens (tertiary/aromatic N) is 1. The summed E-state index contributed by atoms with van der Waals surface area (Å²) in [5.41, 5.74) is 6.68. The zero-order valence-electron chi connectivity index (χ0n) is 12.6. The van der Waals surface area contributed by atoms with E-state index in [-0.39, 0.29) is 11.7 Å². The van der Waals surface area contributed by atoms with Gasteiger partial charge in [-0.15, -0.1) is 0 Å².